The molecule has 0 aromatic heterocycles. The average molecular weight is 421 g/mol. The number of para-hydroxylation sites is 1. The van der Waals surface area contributed by atoms with E-state index in [1.54, 1.807) is 0 Å². The molecule has 1 aromatic carbocycles. The fourth-order valence-electron chi connectivity index (χ4n) is 4.22. The monoisotopic (exact) mass is 420 g/mol. The highest BCUT2D eigenvalue weighted by molar-refractivity contribution is 7.99. The normalized spacial score (nSPS) is 19.4. The summed E-state index contributed by atoms with van der Waals surface area (Å²) < 4.78 is 5.53. The maximum absolute atomic E-state index is 12.7. The smallest absolute Gasteiger partial charge is 0.319 e. The molecule has 0 radical (unpaired) electrons. The van der Waals surface area contributed by atoms with Crippen LogP contribution in [0.3, 0.4) is 0 Å². The second-order valence-electron chi connectivity index (χ2n) is 7.75. The van der Waals surface area contributed by atoms with Gasteiger partial charge in [0.05, 0.1) is 18.9 Å². The van der Waals surface area contributed by atoms with E-state index in [0.29, 0.717) is 18.7 Å². The molecule has 2 fully saturated rings. The van der Waals surface area contributed by atoms with Crippen molar-refractivity contribution < 1.29 is 14.3 Å². The van der Waals surface area contributed by atoms with Crippen molar-refractivity contribution in [2.24, 2.45) is 5.73 Å². The Kier molecular flexibility index (Phi) is 8.20. The number of morpholine rings is 1. The topological polar surface area (TPSA) is 96.7 Å². The molecule has 8 heteroatoms. The number of nitrogens with zero attached hydrogens (tertiary/aromatic N) is 1. The van der Waals surface area contributed by atoms with Crippen LogP contribution >= 0.6 is 11.8 Å². The lowest BCUT2D eigenvalue weighted by molar-refractivity contribution is -0.117. The van der Waals surface area contributed by atoms with E-state index >= 15 is 0 Å². The Morgan fingerprint density at radius 1 is 1.14 bits per heavy atom. The summed E-state index contributed by atoms with van der Waals surface area (Å²) >= 11 is 1.52. The molecule has 1 saturated carbocycles. The third-order valence-corrected chi connectivity index (χ3v) is 6.86. The predicted octanol–water partition coefficient (Wildman–Crippen LogP) is 2.81. The number of hydrogen-bond donors (Lipinski definition) is 3. The van der Waals surface area contributed by atoms with Gasteiger partial charge in [0.1, 0.15) is 0 Å². The van der Waals surface area contributed by atoms with Crippen molar-refractivity contribution in [2.45, 2.75) is 49.0 Å². The van der Waals surface area contributed by atoms with Crippen LogP contribution in [0, 0.1) is 0 Å². The van der Waals surface area contributed by atoms with Crippen molar-refractivity contribution in [1.82, 2.24) is 10.2 Å². The summed E-state index contributed by atoms with van der Waals surface area (Å²) in [7, 11) is 0. The molecule has 1 aromatic rings. The summed E-state index contributed by atoms with van der Waals surface area (Å²) in [6.45, 7) is 4.05. The molecule has 0 unspecified atom stereocenters. The second-order valence-corrected chi connectivity index (χ2v) is 8.89. The molecule has 1 saturated heterocycles. The third-order valence-electron chi connectivity index (χ3n) is 5.79. The second kappa shape index (κ2) is 10.8. The van der Waals surface area contributed by atoms with E-state index in [4.69, 9.17) is 10.5 Å². The molecule has 0 bridgehead atoms. The number of benzene rings is 1. The highest BCUT2D eigenvalue weighted by Crippen LogP contribution is 2.34. The van der Waals surface area contributed by atoms with Gasteiger partial charge in [-0.25, -0.2) is 4.79 Å². The van der Waals surface area contributed by atoms with Crippen LogP contribution in [0.4, 0.5) is 10.5 Å². The summed E-state index contributed by atoms with van der Waals surface area (Å²) in [4.78, 5) is 27.1. The van der Waals surface area contributed by atoms with E-state index < -0.39 is 0 Å². The minimum absolute atomic E-state index is 0.0368. The molecule has 7 nitrogen and oxygen atoms in total. The maximum Gasteiger partial charge on any atom is 0.319 e. The maximum atomic E-state index is 12.7. The van der Waals surface area contributed by atoms with Gasteiger partial charge in [-0.3, -0.25) is 9.69 Å². The van der Waals surface area contributed by atoms with Crippen LogP contribution in [0.2, 0.25) is 0 Å². The Balaban J connectivity index is 1.57. The molecule has 4 N–H and O–H groups in total. The summed E-state index contributed by atoms with van der Waals surface area (Å²) in [5, 5.41) is 6.10. The van der Waals surface area contributed by atoms with Crippen molar-refractivity contribution in [3.63, 3.8) is 0 Å². The first-order chi connectivity index (χ1) is 14.1. The number of carbonyl (C=O) groups is 2. The average Bonchev–Trinajstić information content (AvgIpc) is 2.75. The van der Waals surface area contributed by atoms with Crippen molar-refractivity contribution in [3.8, 4) is 0 Å². The van der Waals surface area contributed by atoms with Crippen LogP contribution in [0.5, 0.6) is 0 Å². The molecular formula is C21H32N4O3S. The van der Waals surface area contributed by atoms with Crippen LogP contribution < -0.4 is 16.4 Å². The molecule has 1 aliphatic heterocycles. The lowest BCUT2D eigenvalue weighted by Gasteiger charge is -2.48. The molecule has 3 rings (SSSR count). The van der Waals surface area contributed by atoms with Crippen LogP contribution in [-0.4, -0.2) is 61.0 Å². The van der Waals surface area contributed by atoms with Gasteiger partial charge in [0, 0.05) is 42.2 Å². The fourth-order valence-corrected chi connectivity index (χ4v) is 5.19. The summed E-state index contributed by atoms with van der Waals surface area (Å²) in [6, 6.07) is 7.45. The third kappa shape index (κ3) is 6.35. The fraction of sp³-hybridized carbons (Fsp3) is 0.619. The first-order valence-corrected chi connectivity index (χ1v) is 11.5. The first kappa shape index (κ1) is 21.9. The number of ether oxygens (including phenoxy) is 1. The zero-order chi connectivity index (χ0) is 20.5. The molecular weight excluding hydrogens is 388 g/mol. The lowest BCUT2D eigenvalue weighted by Crippen LogP contribution is -2.60. The molecule has 2 aliphatic rings. The van der Waals surface area contributed by atoms with Gasteiger partial charge in [-0.05, 0) is 25.0 Å². The van der Waals surface area contributed by atoms with Gasteiger partial charge < -0.3 is 21.1 Å². The van der Waals surface area contributed by atoms with Gasteiger partial charge in [0.25, 0.3) is 0 Å². The Hall–Kier alpha value is -1.77. The number of amides is 3. The van der Waals surface area contributed by atoms with Crippen molar-refractivity contribution in [1.29, 1.82) is 0 Å². The van der Waals surface area contributed by atoms with Gasteiger partial charge >= 0.3 is 6.03 Å². The molecule has 1 aliphatic carbocycles. The zero-order valence-electron chi connectivity index (χ0n) is 17.0. The standard InChI is InChI=1S/C21H32N4O3S/c22-19(26)8-15-29-18-7-3-2-6-17(18)24-20(27)23-16-21(9-4-1-5-10-21)25-11-13-28-14-12-25/h2-3,6-7H,1,4-5,8-16H2,(H2,22,26)(H2,23,24,27). The quantitative estimate of drug-likeness (QED) is 0.562. The highest BCUT2D eigenvalue weighted by atomic mass is 32.2. The van der Waals surface area contributed by atoms with E-state index in [-0.39, 0.29) is 17.5 Å². The van der Waals surface area contributed by atoms with Crippen LogP contribution in [0.25, 0.3) is 0 Å². The number of thioether (sulfide) groups is 1. The Morgan fingerprint density at radius 2 is 1.86 bits per heavy atom. The Bertz CT molecular complexity index is 688. The van der Waals surface area contributed by atoms with Gasteiger partial charge in [0.15, 0.2) is 0 Å². The van der Waals surface area contributed by atoms with E-state index in [1.165, 1.54) is 31.0 Å². The van der Waals surface area contributed by atoms with Crippen molar-refractivity contribution in [2.75, 3.05) is 43.9 Å². The molecule has 3 amide bonds. The molecule has 1 heterocycles. The highest BCUT2D eigenvalue weighted by Gasteiger charge is 2.38. The largest absolute Gasteiger partial charge is 0.379 e. The number of carbonyl (C=O) groups excluding carboxylic acids is 2. The minimum atomic E-state index is -0.318. The lowest BCUT2D eigenvalue weighted by atomic mass is 9.80. The minimum Gasteiger partial charge on any atom is -0.379 e. The number of rotatable bonds is 8. The molecule has 0 spiro atoms. The van der Waals surface area contributed by atoms with Crippen LogP contribution in [-0.2, 0) is 9.53 Å². The van der Waals surface area contributed by atoms with Crippen LogP contribution in [0.15, 0.2) is 29.2 Å². The number of nitrogens with two attached hydrogens (primary N) is 1. The van der Waals surface area contributed by atoms with Gasteiger partial charge in [-0.1, -0.05) is 31.4 Å². The number of urea groups is 1. The Morgan fingerprint density at radius 3 is 2.59 bits per heavy atom. The van der Waals surface area contributed by atoms with Crippen molar-refractivity contribution >= 4 is 29.4 Å². The van der Waals surface area contributed by atoms with Gasteiger partial charge in [-0.15, -0.1) is 11.8 Å². The molecule has 29 heavy (non-hydrogen) atoms. The zero-order valence-corrected chi connectivity index (χ0v) is 17.8. The molecule has 0 atom stereocenters. The van der Waals surface area contributed by atoms with E-state index in [9.17, 15) is 9.59 Å². The number of anilines is 1. The van der Waals surface area contributed by atoms with E-state index in [1.807, 2.05) is 24.3 Å². The van der Waals surface area contributed by atoms with Gasteiger partial charge in [0.2, 0.25) is 5.91 Å². The summed E-state index contributed by atoms with van der Waals surface area (Å²) in [5.41, 5.74) is 6.01. The van der Waals surface area contributed by atoms with Crippen LogP contribution in [0.1, 0.15) is 38.5 Å². The first-order valence-electron chi connectivity index (χ1n) is 10.5. The SMILES string of the molecule is NC(=O)CCSc1ccccc1NC(=O)NCC1(N2CCOCC2)CCCCC1. The number of nitrogens with one attached hydrogen (secondary N) is 2. The number of hydrogen-bond acceptors (Lipinski definition) is 5. The predicted molar refractivity (Wildman–Crippen MR) is 116 cm³/mol. The summed E-state index contributed by atoms with van der Waals surface area (Å²) in [6.07, 6.45) is 6.24. The van der Waals surface area contributed by atoms with E-state index in [2.05, 4.69) is 15.5 Å². The summed E-state index contributed by atoms with van der Waals surface area (Å²) in [5.74, 6) is 0.275. The van der Waals surface area contributed by atoms with Crippen molar-refractivity contribution in [3.05, 3.63) is 24.3 Å². The Labute approximate surface area is 177 Å². The number of primary amides is 1. The van der Waals surface area contributed by atoms with E-state index in [0.717, 1.165) is 49.7 Å². The molecule has 160 valence electrons. The van der Waals surface area contributed by atoms with Gasteiger partial charge in [-0.2, -0.15) is 0 Å².